The predicted molar refractivity (Wildman–Crippen MR) is 95.0 cm³/mol. The van der Waals surface area contributed by atoms with Gasteiger partial charge in [0.2, 0.25) is 0 Å². The van der Waals surface area contributed by atoms with Crippen molar-refractivity contribution in [3.05, 3.63) is 53.1 Å². The molecule has 0 aliphatic carbocycles. The van der Waals surface area contributed by atoms with Crippen molar-refractivity contribution in [3.63, 3.8) is 0 Å². The number of hydrogen-bond acceptors (Lipinski definition) is 4. The molecule has 0 radical (unpaired) electrons. The minimum atomic E-state index is 0.231. The molecule has 0 spiro atoms. The number of aryl methyl sites for hydroxylation is 1. The van der Waals surface area contributed by atoms with E-state index < -0.39 is 0 Å². The molecule has 24 heavy (non-hydrogen) atoms. The molecule has 1 unspecified atom stereocenters. The highest BCUT2D eigenvalue weighted by Crippen LogP contribution is 2.38. The molecular weight excluding hydrogens is 302 g/mol. The van der Waals surface area contributed by atoms with Crippen molar-refractivity contribution in [2.24, 2.45) is 0 Å². The van der Waals surface area contributed by atoms with Crippen LogP contribution >= 0.6 is 0 Å². The normalized spacial score (nSPS) is 17.4. The molecular formula is C20H25NO3. The highest BCUT2D eigenvalue weighted by Gasteiger charge is 2.26. The number of fused-ring (bicyclic) bond motifs is 1. The topological polar surface area (TPSA) is 41.9 Å². The van der Waals surface area contributed by atoms with Gasteiger partial charge in [0.15, 0.2) is 11.5 Å². The molecule has 0 bridgehead atoms. The van der Waals surface area contributed by atoms with Gasteiger partial charge in [-0.05, 0) is 67.3 Å². The van der Waals surface area contributed by atoms with E-state index in [2.05, 4.69) is 24.1 Å². The van der Waals surface area contributed by atoms with E-state index in [0.29, 0.717) is 11.8 Å². The number of nitrogens with zero attached hydrogens (tertiary/aromatic N) is 1. The Balaban J connectivity index is 1.80. The summed E-state index contributed by atoms with van der Waals surface area (Å²) in [6, 6.07) is 12.5. The minimum absolute atomic E-state index is 0.231. The van der Waals surface area contributed by atoms with Crippen LogP contribution < -0.4 is 9.47 Å². The lowest BCUT2D eigenvalue weighted by Gasteiger charge is -2.35. The Kier molecular flexibility index (Phi) is 4.95. The summed E-state index contributed by atoms with van der Waals surface area (Å²) in [7, 11) is 5.45. The molecule has 128 valence electrons. The van der Waals surface area contributed by atoms with E-state index in [0.717, 1.165) is 31.6 Å². The smallest absolute Gasteiger partial charge is 0.160 e. The van der Waals surface area contributed by atoms with Crippen molar-refractivity contribution >= 4 is 0 Å². The summed E-state index contributed by atoms with van der Waals surface area (Å²) in [5.41, 5.74) is 3.81. The van der Waals surface area contributed by atoms with Crippen LogP contribution in [0.5, 0.6) is 17.2 Å². The number of aromatic hydroxyl groups is 1. The van der Waals surface area contributed by atoms with Crippen molar-refractivity contribution in [1.29, 1.82) is 0 Å². The van der Waals surface area contributed by atoms with Gasteiger partial charge in [0.1, 0.15) is 5.75 Å². The molecule has 3 rings (SSSR count). The van der Waals surface area contributed by atoms with Crippen LogP contribution in [0.2, 0.25) is 0 Å². The standard InChI is InChI=1S/C20H25NO3/c1-21-11-10-15-12-19(22)20(24-3)13-17(15)18(21)9-6-14-4-7-16(23-2)8-5-14/h4-5,7-8,12-13,18,22H,6,9-11H2,1-3H3. The molecule has 2 aromatic carbocycles. The number of phenols is 1. The Hall–Kier alpha value is -2.20. The van der Waals surface area contributed by atoms with E-state index in [9.17, 15) is 5.11 Å². The molecule has 1 aliphatic heterocycles. The van der Waals surface area contributed by atoms with Crippen LogP contribution in [0, 0.1) is 0 Å². The van der Waals surface area contributed by atoms with E-state index in [1.54, 1.807) is 14.2 Å². The minimum Gasteiger partial charge on any atom is -0.504 e. The maximum absolute atomic E-state index is 10.0. The summed E-state index contributed by atoms with van der Waals surface area (Å²) in [5, 5.41) is 10.0. The van der Waals surface area contributed by atoms with Gasteiger partial charge in [-0.1, -0.05) is 12.1 Å². The van der Waals surface area contributed by atoms with Crippen molar-refractivity contribution in [3.8, 4) is 17.2 Å². The summed E-state index contributed by atoms with van der Waals surface area (Å²) in [6.45, 7) is 1.01. The van der Waals surface area contributed by atoms with Crippen molar-refractivity contribution < 1.29 is 14.6 Å². The first-order valence-corrected chi connectivity index (χ1v) is 8.35. The van der Waals surface area contributed by atoms with E-state index in [1.807, 2.05) is 24.3 Å². The van der Waals surface area contributed by atoms with Gasteiger partial charge in [0, 0.05) is 12.6 Å². The molecule has 1 N–H and O–H groups in total. The zero-order valence-electron chi connectivity index (χ0n) is 14.6. The van der Waals surface area contributed by atoms with Gasteiger partial charge < -0.3 is 14.6 Å². The van der Waals surface area contributed by atoms with Crippen LogP contribution in [0.15, 0.2) is 36.4 Å². The molecule has 1 atom stereocenters. The summed E-state index contributed by atoms with van der Waals surface area (Å²) in [6.07, 6.45) is 2.99. The third kappa shape index (κ3) is 3.34. The lowest BCUT2D eigenvalue weighted by molar-refractivity contribution is 0.218. The van der Waals surface area contributed by atoms with E-state index in [1.165, 1.54) is 16.7 Å². The molecule has 4 heteroatoms. The summed E-state index contributed by atoms with van der Waals surface area (Å²) in [5.74, 6) is 1.67. The molecule has 0 aromatic heterocycles. The molecule has 4 nitrogen and oxygen atoms in total. The van der Waals surface area contributed by atoms with Gasteiger partial charge in [-0.3, -0.25) is 4.90 Å². The second-order valence-electron chi connectivity index (χ2n) is 6.36. The molecule has 1 heterocycles. The van der Waals surface area contributed by atoms with E-state index in [4.69, 9.17) is 9.47 Å². The highest BCUT2D eigenvalue weighted by molar-refractivity contribution is 5.48. The average Bonchev–Trinajstić information content (AvgIpc) is 2.61. The third-order valence-corrected chi connectivity index (χ3v) is 4.93. The van der Waals surface area contributed by atoms with Crippen LogP contribution in [0.3, 0.4) is 0 Å². The first-order valence-electron chi connectivity index (χ1n) is 8.35. The van der Waals surface area contributed by atoms with E-state index in [-0.39, 0.29) is 5.75 Å². The fraction of sp³-hybridized carbons (Fsp3) is 0.400. The predicted octanol–water partition coefficient (Wildman–Crippen LogP) is 3.57. The number of hydrogen-bond donors (Lipinski definition) is 1. The third-order valence-electron chi connectivity index (χ3n) is 4.93. The van der Waals surface area contributed by atoms with Crippen LogP contribution in [0.25, 0.3) is 0 Å². The lowest BCUT2D eigenvalue weighted by Crippen LogP contribution is -2.32. The summed E-state index contributed by atoms with van der Waals surface area (Å²) >= 11 is 0. The van der Waals surface area contributed by atoms with Crippen LogP contribution in [0.1, 0.15) is 29.2 Å². The van der Waals surface area contributed by atoms with Crippen molar-refractivity contribution in [2.45, 2.75) is 25.3 Å². The summed E-state index contributed by atoms with van der Waals surface area (Å²) < 4.78 is 10.5. The lowest BCUT2D eigenvalue weighted by atomic mass is 9.89. The Labute approximate surface area is 143 Å². The first-order chi connectivity index (χ1) is 11.6. The van der Waals surface area contributed by atoms with Gasteiger partial charge >= 0.3 is 0 Å². The maximum atomic E-state index is 10.0. The molecule has 1 aliphatic rings. The maximum Gasteiger partial charge on any atom is 0.160 e. The zero-order valence-corrected chi connectivity index (χ0v) is 14.6. The number of likely N-dealkylation sites (N-methyl/N-ethyl adjacent to an activating group) is 1. The Morgan fingerprint density at radius 2 is 1.88 bits per heavy atom. The average molecular weight is 327 g/mol. The van der Waals surface area contributed by atoms with Crippen LogP contribution in [-0.2, 0) is 12.8 Å². The highest BCUT2D eigenvalue weighted by atomic mass is 16.5. The van der Waals surface area contributed by atoms with Crippen LogP contribution in [0.4, 0.5) is 0 Å². The van der Waals surface area contributed by atoms with Crippen molar-refractivity contribution in [1.82, 2.24) is 4.90 Å². The van der Waals surface area contributed by atoms with E-state index >= 15 is 0 Å². The number of ether oxygens (including phenoxy) is 2. The van der Waals surface area contributed by atoms with Gasteiger partial charge in [0.25, 0.3) is 0 Å². The van der Waals surface area contributed by atoms with Gasteiger partial charge in [0.05, 0.1) is 14.2 Å². The summed E-state index contributed by atoms with van der Waals surface area (Å²) in [4.78, 5) is 2.39. The Morgan fingerprint density at radius 3 is 2.54 bits per heavy atom. The van der Waals surface area contributed by atoms with Crippen LogP contribution in [-0.4, -0.2) is 37.8 Å². The number of rotatable bonds is 5. The van der Waals surface area contributed by atoms with Gasteiger partial charge in [-0.2, -0.15) is 0 Å². The second-order valence-corrected chi connectivity index (χ2v) is 6.36. The molecule has 0 amide bonds. The SMILES string of the molecule is COc1ccc(CCC2c3cc(OC)c(O)cc3CCN2C)cc1. The van der Waals surface area contributed by atoms with Crippen molar-refractivity contribution in [2.75, 3.05) is 27.8 Å². The zero-order chi connectivity index (χ0) is 17.1. The monoisotopic (exact) mass is 327 g/mol. The largest absolute Gasteiger partial charge is 0.504 e. The molecule has 2 aromatic rings. The van der Waals surface area contributed by atoms with Gasteiger partial charge in [-0.25, -0.2) is 0 Å². The molecule has 0 saturated carbocycles. The molecule has 0 fully saturated rings. The number of benzene rings is 2. The first kappa shape index (κ1) is 16.7. The van der Waals surface area contributed by atoms with Gasteiger partial charge in [-0.15, -0.1) is 0 Å². The fourth-order valence-electron chi connectivity index (χ4n) is 3.48. The number of methoxy groups -OCH3 is 2. The second kappa shape index (κ2) is 7.14. The quantitative estimate of drug-likeness (QED) is 0.911. The fourth-order valence-corrected chi connectivity index (χ4v) is 3.48. The molecule has 0 saturated heterocycles. The Morgan fingerprint density at radius 1 is 1.12 bits per heavy atom. The number of phenolic OH excluding ortho intramolecular Hbond substituents is 1. The Bertz CT molecular complexity index is 697.